The van der Waals surface area contributed by atoms with Gasteiger partial charge in [-0.1, -0.05) is 29.3 Å². The third-order valence-electron chi connectivity index (χ3n) is 3.65. The molecule has 0 aliphatic heterocycles. The molecule has 0 aliphatic carbocycles. The van der Waals surface area contributed by atoms with Crippen LogP contribution in [0.25, 0.3) is 27.7 Å². The van der Waals surface area contributed by atoms with Crippen LogP contribution in [-0.2, 0) is 0 Å². The van der Waals surface area contributed by atoms with E-state index in [1.165, 1.54) is 4.68 Å². The molecule has 0 spiro atoms. The molecule has 24 heavy (non-hydrogen) atoms. The first-order valence-electron chi connectivity index (χ1n) is 6.94. The second-order valence-electron chi connectivity index (χ2n) is 5.20. The summed E-state index contributed by atoms with van der Waals surface area (Å²) in [5.41, 5.74) is 14.5. The molecular weight excluding hydrogens is 349 g/mol. The highest BCUT2D eigenvalue weighted by Gasteiger charge is 2.15. The predicted molar refractivity (Wildman–Crippen MR) is 95.3 cm³/mol. The standard InChI is InChI=1S/C15H11Cl2N7/c16-10-4-9(24-15(19)21-14(18)23-24)5-11(17)13(10)7-1-2-12-8(3-7)6-20-22-12/h1-6H,(H,20,22)(H4,18,19,21,23). The summed E-state index contributed by atoms with van der Waals surface area (Å²) in [6.45, 7) is 0. The Bertz CT molecular complexity index is 1040. The van der Waals surface area contributed by atoms with Crippen LogP contribution < -0.4 is 11.5 Å². The normalized spacial score (nSPS) is 11.2. The summed E-state index contributed by atoms with van der Waals surface area (Å²) in [7, 11) is 0. The molecule has 5 N–H and O–H groups in total. The van der Waals surface area contributed by atoms with Crippen LogP contribution in [0.3, 0.4) is 0 Å². The number of benzene rings is 2. The molecule has 0 atom stereocenters. The molecule has 0 bridgehead atoms. The Morgan fingerprint density at radius 1 is 1.04 bits per heavy atom. The monoisotopic (exact) mass is 359 g/mol. The van der Waals surface area contributed by atoms with Crippen LogP contribution in [0.1, 0.15) is 0 Å². The van der Waals surface area contributed by atoms with E-state index in [4.69, 9.17) is 34.7 Å². The van der Waals surface area contributed by atoms with Gasteiger partial charge in [0.25, 0.3) is 0 Å². The van der Waals surface area contributed by atoms with Gasteiger partial charge in [0, 0.05) is 10.9 Å². The van der Waals surface area contributed by atoms with Gasteiger partial charge in [0.15, 0.2) is 0 Å². The minimum absolute atomic E-state index is 0.0780. The number of H-pyrrole nitrogens is 1. The lowest BCUT2D eigenvalue weighted by Gasteiger charge is -2.11. The molecule has 0 saturated carbocycles. The fourth-order valence-corrected chi connectivity index (χ4v) is 3.28. The number of rotatable bonds is 2. The van der Waals surface area contributed by atoms with E-state index in [0.717, 1.165) is 22.0 Å². The topological polar surface area (TPSA) is 111 Å². The highest BCUT2D eigenvalue weighted by atomic mass is 35.5. The second-order valence-corrected chi connectivity index (χ2v) is 6.01. The van der Waals surface area contributed by atoms with Crippen molar-refractivity contribution in [2.45, 2.75) is 0 Å². The van der Waals surface area contributed by atoms with E-state index in [0.29, 0.717) is 15.7 Å². The van der Waals surface area contributed by atoms with E-state index < -0.39 is 0 Å². The fourth-order valence-electron chi connectivity index (χ4n) is 2.59. The Hall–Kier alpha value is -2.77. The maximum Gasteiger partial charge on any atom is 0.241 e. The van der Waals surface area contributed by atoms with Crippen LogP contribution in [0.4, 0.5) is 11.9 Å². The maximum absolute atomic E-state index is 6.46. The van der Waals surface area contributed by atoms with Gasteiger partial charge in [-0.2, -0.15) is 14.8 Å². The number of nitrogen functional groups attached to an aromatic ring is 2. The Morgan fingerprint density at radius 3 is 2.46 bits per heavy atom. The summed E-state index contributed by atoms with van der Waals surface area (Å²) in [4.78, 5) is 3.87. The van der Waals surface area contributed by atoms with Crippen molar-refractivity contribution < 1.29 is 0 Å². The van der Waals surface area contributed by atoms with Crippen molar-refractivity contribution in [3.05, 3.63) is 46.6 Å². The average Bonchev–Trinajstić information content (AvgIpc) is 3.12. The molecule has 0 fully saturated rings. The predicted octanol–water partition coefficient (Wildman–Crippen LogP) is 3.28. The minimum Gasteiger partial charge on any atom is -0.368 e. The number of hydrogen-bond acceptors (Lipinski definition) is 5. The Labute approximate surface area is 146 Å². The van der Waals surface area contributed by atoms with Crippen LogP contribution in [0, 0.1) is 0 Å². The summed E-state index contributed by atoms with van der Waals surface area (Å²) in [6.07, 6.45) is 1.74. The fraction of sp³-hybridized carbons (Fsp3) is 0. The molecule has 0 aliphatic rings. The lowest BCUT2D eigenvalue weighted by atomic mass is 10.0. The summed E-state index contributed by atoms with van der Waals surface area (Å²) >= 11 is 12.9. The zero-order valence-corrected chi connectivity index (χ0v) is 13.7. The molecule has 0 unspecified atom stereocenters. The molecule has 9 heteroatoms. The summed E-state index contributed by atoms with van der Waals surface area (Å²) in [5, 5.41) is 12.8. The molecule has 7 nitrogen and oxygen atoms in total. The number of hydrogen-bond donors (Lipinski definition) is 3. The van der Waals surface area contributed by atoms with E-state index in [1.54, 1.807) is 18.3 Å². The van der Waals surface area contributed by atoms with E-state index in [2.05, 4.69) is 20.3 Å². The van der Waals surface area contributed by atoms with E-state index in [-0.39, 0.29) is 11.9 Å². The molecule has 0 saturated heterocycles. The van der Waals surface area contributed by atoms with Gasteiger partial charge in [0.2, 0.25) is 11.9 Å². The van der Waals surface area contributed by atoms with Gasteiger partial charge in [0.1, 0.15) is 0 Å². The molecule has 2 aromatic carbocycles. The summed E-state index contributed by atoms with van der Waals surface area (Å²) < 4.78 is 1.39. The first kappa shape index (κ1) is 14.8. The van der Waals surface area contributed by atoms with Crippen LogP contribution in [0.2, 0.25) is 10.0 Å². The van der Waals surface area contributed by atoms with Gasteiger partial charge in [0.05, 0.1) is 27.4 Å². The van der Waals surface area contributed by atoms with E-state index in [1.807, 2.05) is 18.2 Å². The second kappa shape index (κ2) is 5.40. The zero-order chi connectivity index (χ0) is 16.8. The third-order valence-corrected chi connectivity index (χ3v) is 4.25. The molecule has 4 rings (SSSR count). The zero-order valence-electron chi connectivity index (χ0n) is 12.2. The number of aromatic amines is 1. The van der Waals surface area contributed by atoms with Crippen molar-refractivity contribution in [1.29, 1.82) is 0 Å². The number of nitrogens with zero attached hydrogens (tertiary/aromatic N) is 4. The van der Waals surface area contributed by atoms with Gasteiger partial charge >= 0.3 is 0 Å². The van der Waals surface area contributed by atoms with Crippen molar-refractivity contribution >= 4 is 46.0 Å². The van der Waals surface area contributed by atoms with Gasteiger partial charge < -0.3 is 11.5 Å². The van der Waals surface area contributed by atoms with Gasteiger partial charge in [-0.25, -0.2) is 0 Å². The average molecular weight is 360 g/mol. The lowest BCUT2D eigenvalue weighted by Crippen LogP contribution is -2.03. The Balaban J connectivity index is 1.86. The SMILES string of the molecule is Nc1nc(N)n(-c2cc(Cl)c(-c3ccc4[nH]ncc4c3)c(Cl)c2)n1. The van der Waals surface area contributed by atoms with E-state index >= 15 is 0 Å². The molecule has 4 aromatic rings. The van der Waals surface area contributed by atoms with Crippen LogP contribution >= 0.6 is 23.2 Å². The number of nitrogens with one attached hydrogen (secondary N) is 1. The van der Waals surface area contributed by atoms with Crippen molar-refractivity contribution in [1.82, 2.24) is 25.0 Å². The third kappa shape index (κ3) is 2.34. The van der Waals surface area contributed by atoms with Crippen molar-refractivity contribution in [3.63, 3.8) is 0 Å². The number of fused-ring (bicyclic) bond motifs is 1. The largest absolute Gasteiger partial charge is 0.368 e. The van der Waals surface area contributed by atoms with Gasteiger partial charge in [-0.05, 0) is 29.8 Å². The number of anilines is 2. The van der Waals surface area contributed by atoms with Crippen molar-refractivity contribution in [3.8, 4) is 16.8 Å². The molecule has 0 amide bonds. The quantitative estimate of drug-likeness (QED) is 0.508. The summed E-state index contributed by atoms with van der Waals surface area (Å²) in [5.74, 6) is 0.237. The van der Waals surface area contributed by atoms with Gasteiger partial charge in [-0.15, -0.1) is 5.10 Å². The molecular formula is C15H11Cl2N7. The van der Waals surface area contributed by atoms with Crippen molar-refractivity contribution in [2.24, 2.45) is 0 Å². The first-order chi connectivity index (χ1) is 11.5. The van der Waals surface area contributed by atoms with E-state index in [9.17, 15) is 0 Å². The number of aromatic nitrogens is 5. The number of halogens is 2. The molecule has 2 heterocycles. The lowest BCUT2D eigenvalue weighted by molar-refractivity contribution is 0.896. The van der Waals surface area contributed by atoms with Gasteiger partial charge in [-0.3, -0.25) is 5.10 Å². The van der Waals surface area contributed by atoms with Crippen LogP contribution in [-0.4, -0.2) is 25.0 Å². The highest BCUT2D eigenvalue weighted by Crippen LogP contribution is 2.38. The molecule has 120 valence electrons. The highest BCUT2D eigenvalue weighted by molar-refractivity contribution is 6.39. The Morgan fingerprint density at radius 2 is 1.79 bits per heavy atom. The molecule has 0 radical (unpaired) electrons. The van der Waals surface area contributed by atoms with Crippen molar-refractivity contribution in [2.75, 3.05) is 11.5 Å². The number of nitrogens with two attached hydrogens (primary N) is 2. The first-order valence-corrected chi connectivity index (χ1v) is 7.69. The smallest absolute Gasteiger partial charge is 0.241 e. The van der Waals surface area contributed by atoms with Crippen LogP contribution in [0.5, 0.6) is 0 Å². The molecule has 2 aromatic heterocycles. The van der Waals surface area contributed by atoms with Crippen LogP contribution in [0.15, 0.2) is 36.5 Å². The minimum atomic E-state index is 0.0780. The Kier molecular flexibility index (Phi) is 3.33. The maximum atomic E-state index is 6.46. The summed E-state index contributed by atoms with van der Waals surface area (Å²) in [6, 6.07) is 9.25.